The minimum absolute atomic E-state index is 0.0427. The summed E-state index contributed by atoms with van der Waals surface area (Å²) in [6.45, 7) is 1.31. The molecule has 0 aromatic heterocycles. The van der Waals surface area contributed by atoms with Crippen LogP contribution in [0.2, 0.25) is 5.02 Å². The lowest BCUT2D eigenvalue weighted by atomic mass is 10.2. The Morgan fingerprint density at radius 1 is 1.40 bits per heavy atom. The molecule has 0 heterocycles. The fourth-order valence-corrected chi connectivity index (χ4v) is 2.48. The Morgan fingerprint density at radius 2 is 2.00 bits per heavy atom. The predicted octanol–water partition coefficient (Wildman–Crippen LogP) is 0.279. The third-order valence-corrected chi connectivity index (χ3v) is 4.31. The molecule has 1 rings (SSSR count). The third kappa shape index (κ3) is 3.69. The van der Waals surface area contributed by atoms with E-state index >= 15 is 0 Å². The van der Waals surface area contributed by atoms with Gasteiger partial charge < -0.3 is 10.5 Å². The predicted molar refractivity (Wildman–Crippen MR) is 71.8 cm³/mol. The quantitative estimate of drug-likeness (QED) is 0.756. The van der Waals surface area contributed by atoms with E-state index in [-0.39, 0.29) is 15.5 Å². The highest BCUT2D eigenvalue weighted by molar-refractivity contribution is 7.89. The van der Waals surface area contributed by atoms with Crippen molar-refractivity contribution in [3.63, 3.8) is 0 Å². The van der Waals surface area contributed by atoms with Gasteiger partial charge in [0, 0.05) is 0 Å². The Kier molecular flexibility index (Phi) is 5.09. The minimum Gasteiger partial charge on any atom is -0.449 e. The van der Waals surface area contributed by atoms with E-state index in [4.69, 9.17) is 22.1 Å². The maximum absolute atomic E-state index is 11.8. The molecule has 0 unspecified atom stereocenters. The molecule has 0 bridgehead atoms. The van der Waals surface area contributed by atoms with Gasteiger partial charge in [0.1, 0.15) is 4.90 Å². The molecule has 0 aliphatic heterocycles. The third-order valence-electron chi connectivity index (χ3n) is 2.41. The van der Waals surface area contributed by atoms with Gasteiger partial charge in [0.25, 0.3) is 5.91 Å². The fourth-order valence-electron chi connectivity index (χ4n) is 1.23. The summed E-state index contributed by atoms with van der Waals surface area (Å²) in [4.78, 5) is 22.3. The first-order valence-corrected chi connectivity index (χ1v) is 7.28. The second-order valence-corrected chi connectivity index (χ2v) is 6.06. The SMILES string of the molecule is CNS(=O)(=O)c1cc(C(=O)O[C@H](C)C(N)=O)ccc1Cl. The molecule has 1 atom stereocenters. The maximum Gasteiger partial charge on any atom is 0.338 e. The van der Waals surface area contributed by atoms with Crippen LogP contribution in [0.5, 0.6) is 0 Å². The molecule has 0 radical (unpaired) electrons. The van der Waals surface area contributed by atoms with Gasteiger partial charge in [0.05, 0.1) is 10.6 Å². The van der Waals surface area contributed by atoms with Gasteiger partial charge in [-0.25, -0.2) is 17.9 Å². The summed E-state index contributed by atoms with van der Waals surface area (Å²) in [5.74, 6) is -1.68. The Bertz CT molecular complexity index is 644. The van der Waals surface area contributed by atoms with E-state index in [1.54, 1.807) is 0 Å². The van der Waals surface area contributed by atoms with Crippen molar-refractivity contribution in [1.29, 1.82) is 0 Å². The summed E-state index contributed by atoms with van der Waals surface area (Å²) in [7, 11) is -2.60. The van der Waals surface area contributed by atoms with Crippen LogP contribution in [0.3, 0.4) is 0 Å². The van der Waals surface area contributed by atoms with Crippen molar-refractivity contribution < 1.29 is 22.7 Å². The van der Waals surface area contributed by atoms with E-state index in [1.165, 1.54) is 26.1 Å². The number of hydrogen-bond acceptors (Lipinski definition) is 5. The van der Waals surface area contributed by atoms with Gasteiger partial charge >= 0.3 is 5.97 Å². The molecule has 1 aromatic rings. The van der Waals surface area contributed by atoms with Crippen LogP contribution >= 0.6 is 11.6 Å². The van der Waals surface area contributed by atoms with Gasteiger partial charge in [0.2, 0.25) is 10.0 Å². The van der Waals surface area contributed by atoms with E-state index in [2.05, 4.69) is 4.72 Å². The largest absolute Gasteiger partial charge is 0.449 e. The number of amides is 1. The molecule has 110 valence electrons. The Labute approximate surface area is 121 Å². The Balaban J connectivity index is 3.13. The number of sulfonamides is 1. The monoisotopic (exact) mass is 320 g/mol. The van der Waals surface area contributed by atoms with E-state index in [9.17, 15) is 18.0 Å². The van der Waals surface area contributed by atoms with Crippen molar-refractivity contribution in [2.24, 2.45) is 5.73 Å². The van der Waals surface area contributed by atoms with E-state index in [0.717, 1.165) is 6.07 Å². The molecule has 0 aliphatic carbocycles. The molecular weight excluding hydrogens is 308 g/mol. The lowest BCUT2D eigenvalue weighted by molar-refractivity contribution is -0.125. The molecule has 0 spiro atoms. The molecule has 20 heavy (non-hydrogen) atoms. The second-order valence-electron chi connectivity index (χ2n) is 3.80. The molecule has 9 heteroatoms. The van der Waals surface area contributed by atoms with Gasteiger partial charge in [-0.2, -0.15) is 0 Å². The van der Waals surface area contributed by atoms with Crippen molar-refractivity contribution in [2.75, 3.05) is 7.05 Å². The summed E-state index contributed by atoms with van der Waals surface area (Å²) in [6.07, 6.45) is -1.12. The highest BCUT2D eigenvalue weighted by Gasteiger charge is 2.21. The van der Waals surface area contributed by atoms with Gasteiger partial charge in [-0.15, -0.1) is 0 Å². The number of ether oxygens (including phenoxy) is 1. The number of hydrogen-bond donors (Lipinski definition) is 2. The van der Waals surface area contributed by atoms with Gasteiger partial charge in [-0.3, -0.25) is 4.79 Å². The standard InChI is InChI=1S/C11H13ClN2O5S/c1-6(10(13)15)19-11(16)7-3-4-8(12)9(5-7)20(17,18)14-2/h3-6,14H,1-2H3,(H2,13,15)/t6-/m1/s1. The number of rotatable bonds is 5. The van der Waals surface area contributed by atoms with Gasteiger partial charge in [-0.05, 0) is 32.2 Å². The van der Waals surface area contributed by atoms with Crippen molar-refractivity contribution in [3.8, 4) is 0 Å². The highest BCUT2D eigenvalue weighted by Crippen LogP contribution is 2.23. The van der Waals surface area contributed by atoms with Gasteiger partial charge in [0.15, 0.2) is 6.10 Å². The first-order valence-electron chi connectivity index (χ1n) is 5.42. The van der Waals surface area contributed by atoms with Crippen molar-refractivity contribution in [2.45, 2.75) is 17.9 Å². The number of esters is 1. The lowest BCUT2D eigenvalue weighted by Gasteiger charge is -2.11. The normalized spacial score (nSPS) is 12.8. The van der Waals surface area contributed by atoms with E-state index < -0.39 is 28.0 Å². The summed E-state index contributed by atoms with van der Waals surface area (Å²) in [5, 5.41) is -0.0427. The number of benzene rings is 1. The average Bonchev–Trinajstić information content (AvgIpc) is 2.38. The first-order chi connectivity index (χ1) is 9.19. The van der Waals surface area contributed by atoms with Crippen LogP contribution in [0.4, 0.5) is 0 Å². The smallest absolute Gasteiger partial charge is 0.338 e. The molecular formula is C11H13ClN2O5S. The number of carbonyl (C=O) groups excluding carboxylic acids is 2. The zero-order valence-corrected chi connectivity index (χ0v) is 12.3. The van der Waals surface area contributed by atoms with Crippen molar-refractivity contribution in [3.05, 3.63) is 28.8 Å². The van der Waals surface area contributed by atoms with Gasteiger partial charge in [-0.1, -0.05) is 11.6 Å². The zero-order chi connectivity index (χ0) is 15.5. The molecule has 0 saturated heterocycles. The number of halogens is 1. The molecule has 3 N–H and O–H groups in total. The lowest BCUT2D eigenvalue weighted by Crippen LogP contribution is -2.30. The number of primary amides is 1. The molecule has 7 nitrogen and oxygen atoms in total. The number of nitrogens with one attached hydrogen (secondary N) is 1. The summed E-state index contributed by atoms with van der Waals surface area (Å²) >= 11 is 5.77. The molecule has 0 saturated carbocycles. The molecule has 0 fully saturated rings. The maximum atomic E-state index is 11.8. The number of nitrogens with two attached hydrogens (primary N) is 1. The second kappa shape index (κ2) is 6.21. The van der Waals surface area contributed by atoms with Crippen LogP contribution in [-0.4, -0.2) is 33.4 Å². The van der Waals surface area contributed by atoms with E-state index in [0.29, 0.717) is 0 Å². The van der Waals surface area contributed by atoms with Crippen molar-refractivity contribution in [1.82, 2.24) is 4.72 Å². The van der Waals surface area contributed by atoms with E-state index in [1.807, 2.05) is 0 Å². The minimum atomic E-state index is -3.81. The zero-order valence-electron chi connectivity index (χ0n) is 10.7. The van der Waals surface area contributed by atoms with Crippen LogP contribution in [0.1, 0.15) is 17.3 Å². The average molecular weight is 321 g/mol. The molecule has 1 aromatic carbocycles. The molecule has 1 amide bonds. The van der Waals surface area contributed by atoms with Crippen LogP contribution in [0.15, 0.2) is 23.1 Å². The summed E-state index contributed by atoms with van der Waals surface area (Å²) in [6, 6.07) is 3.59. The molecule has 0 aliphatic rings. The summed E-state index contributed by atoms with van der Waals surface area (Å²) in [5.41, 5.74) is 4.91. The number of carbonyl (C=O) groups is 2. The van der Waals surface area contributed by atoms with Crippen LogP contribution < -0.4 is 10.5 Å². The van der Waals surface area contributed by atoms with Crippen molar-refractivity contribution >= 4 is 33.5 Å². The van der Waals surface area contributed by atoms with Crippen LogP contribution in [0.25, 0.3) is 0 Å². The Hall–Kier alpha value is -1.64. The topological polar surface area (TPSA) is 116 Å². The van der Waals surface area contributed by atoms with Crippen LogP contribution in [-0.2, 0) is 19.6 Å². The van der Waals surface area contributed by atoms with Crippen LogP contribution in [0, 0.1) is 0 Å². The first kappa shape index (κ1) is 16.4. The summed E-state index contributed by atoms with van der Waals surface area (Å²) < 4.78 is 30.3. The fraction of sp³-hybridized carbons (Fsp3) is 0.273. The Morgan fingerprint density at radius 3 is 2.50 bits per heavy atom. The highest BCUT2D eigenvalue weighted by atomic mass is 35.5.